The number of rotatable bonds is 3. The Morgan fingerprint density at radius 2 is 2.00 bits per heavy atom. The molecule has 1 aromatic heterocycles. The summed E-state index contributed by atoms with van der Waals surface area (Å²) in [5.41, 5.74) is 3.19. The molecule has 0 aliphatic rings. The number of aryl methyl sites for hydroxylation is 1. The number of hydrogen-bond donors (Lipinski definition) is 1. The highest BCUT2D eigenvalue weighted by atomic mass is 32.1. The molecule has 0 saturated heterocycles. The Balaban J connectivity index is 1.77. The molecule has 1 N–H and O–H groups in total. The Morgan fingerprint density at radius 3 is 2.84 bits per heavy atom. The van der Waals surface area contributed by atoms with Gasteiger partial charge in [0.2, 0.25) is 0 Å². The molecule has 1 nitrogen and oxygen atoms in total. The molecular weight excluding hydrogens is 257 g/mol. The molecule has 96 valence electrons. The lowest BCUT2D eigenvalue weighted by Gasteiger charge is -2.09. The van der Waals surface area contributed by atoms with Crippen LogP contribution in [0.1, 0.15) is 11.1 Å². The number of halogens is 1. The van der Waals surface area contributed by atoms with Gasteiger partial charge in [0, 0.05) is 16.9 Å². The van der Waals surface area contributed by atoms with E-state index in [0.717, 1.165) is 16.8 Å². The number of nitrogens with one attached hydrogen (secondary N) is 1. The van der Waals surface area contributed by atoms with E-state index >= 15 is 0 Å². The maximum absolute atomic E-state index is 13.0. The second kappa shape index (κ2) is 5.02. The fourth-order valence-corrected chi connectivity index (χ4v) is 2.90. The van der Waals surface area contributed by atoms with Crippen molar-refractivity contribution < 1.29 is 4.39 Å². The highest BCUT2D eigenvalue weighted by Gasteiger charge is 2.01. The monoisotopic (exact) mass is 271 g/mol. The first-order chi connectivity index (χ1) is 9.22. The van der Waals surface area contributed by atoms with E-state index in [0.29, 0.717) is 6.54 Å². The summed E-state index contributed by atoms with van der Waals surface area (Å²) in [7, 11) is 0. The maximum atomic E-state index is 13.0. The van der Waals surface area contributed by atoms with Gasteiger partial charge in [-0.15, -0.1) is 11.3 Å². The largest absolute Gasteiger partial charge is 0.381 e. The molecule has 19 heavy (non-hydrogen) atoms. The van der Waals surface area contributed by atoms with Crippen molar-refractivity contribution in [3.8, 4) is 0 Å². The van der Waals surface area contributed by atoms with Gasteiger partial charge >= 0.3 is 0 Å². The Labute approximate surface area is 115 Å². The molecule has 0 unspecified atom stereocenters. The summed E-state index contributed by atoms with van der Waals surface area (Å²) in [6, 6.07) is 13.4. The van der Waals surface area contributed by atoms with Crippen LogP contribution in [0.4, 0.5) is 10.1 Å². The van der Waals surface area contributed by atoms with Crippen LogP contribution < -0.4 is 5.32 Å². The molecule has 3 rings (SSSR count). The third-order valence-electron chi connectivity index (χ3n) is 3.24. The highest BCUT2D eigenvalue weighted by Crippen LogP contribution is 2.24. The van der Waals surface area contributed by atoms with Crippen molar-refractivity contribution in [1.82, 2.24) is 0 Å². The van der Waals surface area contributed by atoms with Crippen LogP contribution in [0.15, 0.2) is 47.8 Å². The Morgan fingerprint density at radius 1 is 1.11 bits per heavy atom. The molecule has 3 aromatic rings. The van der Waals surface area contributed by atoms with Gasteiger partial charge in [-0.1, -0.05) is 6.07 Å². The van der Waals surface area contributed by atoms with Crippen molar-refractivity contribution in [3.63, 3.8) is 0 Å². The second-order valence-corrected chi connectivity index (χ2v) is 5.55. The van der Waals surface area contributed by atoms with Crippen LogP contribution in [0, 0.1) is 12.7 Å². The minimum Gasteiger partial charge on any atom is -0.381 e. The van der Waals surface area contributed by atoms with Crippen molar-refractivity contribution >= 4 is 27.1 Å². The average molecular weight is 271 g/mol. The van der Waals surface area contributed by atoms with Crippen LogP contribution in [-0.4, -0.2) is 0 Å². The van der Waals surface area contributed by atoms with Crippen LogP contribution in [0.2, 0.25) is 0 Å². The van der Waals surface area contributed by atoms with Crippen molar-refractivity contribution in [2.24, 2.45) is 0 Å². The van der Waals surface area contributed by atoms with E-state index in [1.54, 1.807) is 17.4 Å². The Hall–Kier alpha value is -1.87. The summed E-state index contributed by atoms with van der Waals surface area (Å²) >= 11 is 1.75. The van der Waals surface area contributed by atoms with E-state index in [2.05, 4.69) is 35.0 Å². The first kappa shape index (κ1) is 12.2. The average Bonchev–Trinajstić information content (AvgIpc) is 2.85. The lowest BCUT2D eigenvalue weighted by Crippen LogP contribution is -2.01. The predicted molar refractivity (Wildman–Crippen MR) is 80.3 cm³/mol. The minimum absolute atomic E-state index is 0.180. The summed E-state index contributed by atoms with van der Waals surface area (Å²) in [5, 5.41) is 6.74. The lowest BCUT2D eigenvalue weighted by atomic mass is 10.1. The van der Waals surface area contributed by atoms with E-state index < -0.39 is 0 Å². The molecule has 0 radical (unpaired) electrons. The molecule has 2 aromatic carbocycles. The molecule has 0 aliphatic heterocycles. The Bertz CT molecular complexity index is 718. The SMILES string of the molecule is Cc1cc(F)ccc1CNc1ccc2sccc2c1. The summed E-state index contributed by atoms with van der Waals surface area (Å²) in [6.45, 7) is 2.64. The number of benzene rings is 2. The van der Waals surface area contributed by atoms with Gasteiger partial charge in [-0.25, -0.2) is 4.39 Å². The van der Waals surface area contributed by atoms with E-state index in [9.17, 15) is 4.39 Å². The van der Waals surface area contributed by atoms with Gasteiger partial charge in [-0.2, -0.15) is 0 Å². The van der Waals surface area contributed by atoms with Gasteiger partial charge in [0.15, 0.2) is 0 Å². The summed E-state index contributed by atoms with van der Waals surface area (Å²) in [4.78, 5) is 0. The Kier molecular flexibility index (Phi) is 3.22. The van der Waals surface area contributed by atoms with Crippen molar-refractivity contribution in [1.29, 1.82) is 0 Å². The molecule has 0 saturated carbocycles. The molecule has 0 spiro atoms. The molecule has 1 heterocycles. The third kappa shape index (κ3) is 2.61. The smallest absolute Gasteiger partial charge is 0.123 e. The van der Waals surface area contributed by atoms with Gasteiger partial charge in [0.1, 0.15) is 5.82 Å². The quantitative estimate of drug-likeness (QED) is 0.710. The molecule has 0 atom stereocenters. The number of fused-ring (bicyclic) bond motifs is 1. The van der Waals surface area contributed by atoms with Crippen molar-refractivity contribution in [2.75, 3.05) is 5.32 Å². The topological polar surface area (TPSA) is 12.0 Å². The maximum Gasteiger partial charge on any atom is 0.123 e. The van der Waals surface area contributed by atoms with Crippen molar-refractivity contribution in [3.05, 3.63) is 64.8 Å². The van der Waals surface area contributed by atoms with Crippen LogP contribution in [0.5, 0.6) is 0 Å². The zero-order valence-corrected chi connectivity index (χ0v) is 11.4. The van der Waals surface area contributed by atoms with Gasteiger partial charge in [0.25, 0.3) is 0 Å². The zero-order chi connectivity index (χ0) is 13.2. The molecule has 0 amide bonds. The molecule has 3 heteroatoms. The van der Waals surface area contributed by atoms with Crippen LogP contribution in [-0.2, 0) is 6.54 Å². The second-order valence-electron chi connectivity index (χ2n) is 4.60. The van der Waals surface area contributed by atoms with Crippen molar-refractivity contribution in [2.45, 2.75) is 13.5 Å². The normalized spacial score (nSPS) is 10.8. The molecule has 0 bridgehead atoms. The van der Waals surface area contributed by atoms with Crippen LogP contribution >= 0.6 is 11.3 Å². The van der Waals surface area contributed by atoms with E-state index in [1.807, 2.05) is 13.0 Å². The van der Waals surface area contributed by atoms with Gasteiger partial charge in [-0.05, 0) is 65.2 Å². The van der Waals surface area contributed by atoms with Crippen LogP contribution in [0.25, 0.3) is 10.1 Å². The number of hydrogen-bond acceptors (Lipinski definition) is 2. The molecule has 0 aliphatic carbocycles. The fraction of sp³-hybridized carbons (Fsp3) is 0.125. The first-order valence-corrected chi connectivity index (χ1v) is 7.06. The summed E-state index contributed by atoms with van der Waals surface area (Å²) < 4.78 is 14.3. The van der Waals surface area contributed by atoms with E-state index in [-0.39, 0.29) is 5.82 Å². The van der Waals surface area contributed by atoms with E-state index in [4.69, 9.17) is 0 Å². The van der Waals surface area contributed by atoms with Gasteiger partial charge < -0.3 is 5.32 Å². The fourth-order valence-electron chi connectivity index (χ4n) is 2.13. The highest BCUT2D eigenvalue weighted by molar-refractivity contribution is 7.17. The van der Waals surface area contributed by atoms with E-state index in [1.165, 1.54) is 16.2 Å². The first-order valence-electron chi connectivity index (χ1n) is 6.18. The summed E-state index contributed by atoms with van der Waals surface area (Å²) in [5.74, 6) is -0.180. The zero-order valence-electron chi connectivity index (χ0n) is 10.6. The summed E-state index contributed by atoms with van der Waals surface area (Å²) in [6.07, 6.45) is 0. The minimum atomic E-state index is -0.180. The van der Waals surface area contributed by atoms with Gasteiger partial charge in [-0.3, -0.25) is 0 Å². The number of anilines is 1. The van der Waals surface area contributed by atoms with Gasteiger partial charge in [0.05, 0.1) is 0 Å². The third-order valence-corrected chi connectivity index (χ3v) is 4.14. The van der Waals surface area contributed by atoms with Crippen LogP contribution in [0.3, 0.4) is 0 Å². The lowest BCUT2D eigenvalue weighted by molar-refractivity contribution is 0.625. The number of thiophene rings is 1. The molecular formula is C16H14FNS. The standard InChI is InChI=1S/C16H14FNS/c1-11-8-14(17)3-2-13(11)10-18-15-4-5-16-12(9-15)6-7-19-16/h2-9,18H,10H2,1H3. The predicted octanol–water partition coefficient (Wildman–Crippen LogP) is 4.96. The molecule has 0 fully saturated rings.